The van der Waals surface area contributed by atoms with E-state index in [9.17, 15) is 0 Å². The highest BCUT2D eigenvalue weighted by molar-refractivity contribution is 5.56. The molecular weight excluding hydrogens is 314 g/mol. The van der Waals surface area contributed by atoms with Gasteiger partial charge < -0.3 is 20.1 Å². The van der Waals surface area contributed by atoms with Crippen LogP contribution in [0, 0.1) is 18.3 Å². The highest BCUT2D eigenvalue weighted by Crippen LogP contribution is 2.25. The van der Waals surface area contributed by atoms with E-state index < -0.39 is 0 Å². The summed E-state index contributed by atoms with van der Waals surface area (Å²) in [5, 5.41) is 20.4. The number of benzene rings is 2. The van der Waals surface area contributed by atoms with Crippen molar-refractivity contribution < 1.29 is 9.84 Å². The number of rotatable bonds is 4. The molecule has 0 saturated carbocycles. The van der Waals surface area contributed by atoms with Gasteiger partial charge in [0.05, 0.1) is 18.2 Å². The van der Waals surface area contributed by atoms with Crippen molar-refractivity contribution in [2.75, 3.05) is 44.3 Å². The van der Waals surface area contributed by atoms with Crippen LogP contribution in [0.5, 0.6) is 5.75 Å². The fourth-order valence-electron chi connectivity index (χ4n) is 2.65. The molecule has 0 aromatic heterocycles. The molecule has 1 saturated heterocycles. The quantitative estimate of drug-likeness (QED) is 0.895. The molecule has 1 aliphatic heterocycles. The van der Waals surface area contributed by atoms with Gasteiger partial charge in [0.1, 0.15) is 12.4 Å². The summed E-state index contributed by atoms with van der Waals surface area (Å²) in [7, 11) is 0. The first kappa shape index (κ1) is 18.8. The van der Waals surface area contributed by atoms with Gasteiger partial charge in [-0.2, -0.15) is 5.26 Å². The number of aliphatic hydroxyl groups excluding tert-OH is 1. The fraction of sp³-hybridized carbons (Fsp3) is 0.350. The van der Waals surface area contributed by atoms with Crippen LogP contribution in [-0.2, 0) is 0 Å². The summed E-state index contributed by atoms with van der Waals surface area (Å²) in [5.74, 6) is 0.829. The van der Waals surface area contributed by atoms with E-state index in [-0.39, 0.29) is 6.61 Å². The van der Waals surface area contributed by atoms with E-state index in [1.165, 1.54) is 11.3 Å². The number of nitrogens with zero attached hydrogens (tertiary/aromatic N) is 2. The molecule has 0 spiro atoms. The van der Waals surface area contributed by atoms with Gasteiger partial charge in [0.25, 0.3) is 0 Å². The Morgan fingerprint density at radius 1 is 1.16 bits per heavy atom. The van der Waals surface area contributed by atoms with Crippen molar-refractivity contribution in [3.05, 3.63) is 59.7 Å². The van der Waals surface area contributed by atoms with Crippen molar-refractivity contribution in [1.29, 1.82) is 5.26 Å². The van der Waals surface area contributed by atoms with Crippen LogP contribution < -0.4 is 15.0 Å². The zero-order chi connectivity index (χ0) is 17.9. The molecule has 5 nitrogen and oxygen atoms in total. The van der Waals surface area contributed by atoms with Gasteiger partial charge in [0, 0.05) is 31.9 Å². The minimum atomic E-state index is 0.0542. The maximum absolute atomic E-state index is 8.72. The maximum atomic E-state index is 8.72. The summed E-state index contributed by atoms with van der Waals surface area (Å²) in [6.07, 6.45) is 0. The van der Waals surface area contributed by atoms with Crippen LogP contribution in [0.15, 0.2) is 48.5 Å². The molecule has 0 bridgehead atoms. The Balaban J connectivity index is 0.000000236. The van der Waals surface area contributed by atoms with Crippen molar-refractivity contribution in [3.63, 3.8) is 0 Å². The Morgan fingerprint density at radius 3 is 2.44 bits per heavy atom. The molecule has 2 N–H and O–H groups in total. The predicted molar refractivity (Wildman–Crippen MR) is 100.0 cm³/mol. The highest BCUT2D eigenvalue weighted by atomic mass is 16.5. The monoisotopic (exact) mass is 339 g/mol. The molecule has 2 aromatic carbocycles. The molecular formula is C20H25N3O2. The summed E-state index contributed by atoms with van der Waals surface area (Å²) in [6.45, 7) is 6.70. The summed E-state index contributed by atoms with van der Waals surface area (Å²) < 4.78 is 5.40. The molecule has 132 valence electrons. The van der Waals surface area contributed by atoms with Gasteiger partial charge >= 0.3 is 0 Å². The average molecular weight is 339 g/mol. The Hall–Kier alpha value is -2.55. The molecule has 0 amide bonds. The highest BCUT2D eigenvalue weighted by Gasteiger charge is 2.12. The Morgan fingerprint density at radius 2 is 1.88 bits per heavy atom. The van der Waals surface area contributed by atoms with Gasteiger partial charge in [-0.1, -0.05) is 18.2 Å². The maximum Gasteiger partial charge on any atom is 0.119 e. The number of ether oxygens (including phenoxy) is 1. The van der Waals surface area contributed by atoms with Crippen LogP contribution in [0.2, 0.25) is 0 Å². The molecule has 0 radical (unpaired) electrons. The molecule has 0 aliphatic carbocycles. The molecule has 1 heterocycles. The van der Waals surface area contributed by atoms with E-state index in [0.29, 0.717) is 12.2 Å². The van der Waals surface area contributed by atoms with Crippen LogP contribution in [0.4, 0.5) is 5.69 Å². The standard InChI is InChI=1S/C13H20N2O2.C7H5N/c1-11-10-12(17-9-8-16)2-3-13(11)15-6-4-14-5-7-15;8-6-7-4-2-1-3-5-7/h2-3,10,14,16H,4-9H2,1H3;1-5H. The summed E-state index contributed by atoms with van der Waals surface area (Å²) >= 11 is 0. The van der Waals surface area contributed by atoms with Gasteiger partial charge in [-0.05, 0) is 42.8 Å². The predicted octanol–water partition coefficient (Wildman–Crippen LogP) is 2.33. The summed E-state index contributed by atoms with van der Waals surface area (Å²) in [4.78, 5) is 2.39. The fourth-order valence-corrected chi connectivity index (χ4v) is 2.65. The normalized spacial score (nSPS) is 13.4. The number of hydrogen-bond donors (Lipinski definition) is 2. The zero-order valence-electron chi connectivity index (χ0n) is 14.6. The number of aliphatic hydroxyl groups is 1. The molecule has 3 rings (SSSR count). The van der Waals surface area contributed by atoms with E-state index in [4.69, 9.17) is 15.1 Å². The third kappa shape index (κ3) is 6.11. The van der Waals surface area contributed by atoms with Gasteiger partial charge in [-0.15, -0.1) is 0 Å². The number of aryl methyl sites for hydroxylation is 1. The van der Waals surface area contributed by atoms with E-state index in [2.05, 4.69) is 23.2 Å². The second-order valence-corrected chi connectivity index (χ2v) is 5.74. The largest absolute Gasteiger partial charge is 0.491 e. The van der Waals surface area contributed by atoms with Crippen molar-refractivity contribution >= 4 is 5.69 Å². The topological polar surface area (TPSA) is 68.5 Å². The molecule has 0 unspecified atom stereocenters. The van der Waals surface area contributed by atoms with Crippen LogP contribution in [0.1, 0.15) is 11.1 Å². The molecule has 5 heteroatoms. The minimum Gasteiger partial charge on any atom is -0.491 e. The average Bonchev–Trinajstić information content (AvgIpc) is 2.68. The van der Waals surface area contributed by atoms with E-state index in [1.54, 1.807) is 12.1 Å². The Kier molecular flexibility index (Phi) is 7.77. The first-order chi connectivity index (χ1) is 12.2. The van der Waals surface area contributed by atoms with Gasteiger partial charge in [-0.25, -0.2) is 0 Å². The number of hydrogen-bond acceptors (Lipinski definition) is 5. The van der Waals surface area contributed by atoms with Crippen molar-refractivity contribution in [2.24, 2.45) is 0 Å². The first-order valence-electron chi connectivity index (χ1n) is 8.49. The van der Waals surface area contributed by atoms with Gasteiger partial charge in [-0.3, -0.25) is 0 Å². The SMILES string of the molecule is Cc1cc(OCCO)ccc1N1CCNCC1.N#Cc1ccccc1. The van der Waals surface area contributed by atoms with Crippen molar-refractivity contribution in [2.45, 2.75) is 6.92 Å². The Bertz CT molecular complexity index is 677. The third-order valence-corrected chi connectivity index (χ3v) is 3.89. The van der Waals surface area contributed by atoms with Gasteiger partial charge in [0.15, 0.2) is 0 Å². The lowest BCUT2D eigenvalue weighted by molar-refractivity contribution is 0.201. The lowest BCUT2D eigenvalue weighted by atomic mass is 10.1. The molecule has 1 aliphatic rings. The molecule has 1 fully saturated rings. The lowest BCUT2D eigenvalue weighted by Gasteiger charge is -2.30. The first-order valence-corrected chi connectivity index (χ1v) is 8.49. The van der Waals surface area contributed by atoms with Gasteiger partial charge in [0.2, 0.25) is 0 Å². The number of piperazine rings is 1. The number of nitrogens with one attached hydrogen (secondary N) is 1. The second kappa shape index (κ2) is 10.3. The van der Waals surface area contributed by atoms with Crippen LogP contribution >= 0.6 is 0 Å². The zero-order valence-corrected chi connectivity index (χ0v) is 14.6. The van der Waals surface area contributed by atoms with Crippen LogP contribution in [0.3, 0.4) is 0 Å². The molecule has 0 atom stereocenters. The number of anilines is 1. The molecule has 25 heavy (non-hydrogen) atoms. The smallest absolute Gasteiger partial charge is 0.119 e. The van der Waals surface area contributed by atoms with Crippen LogP contribution in [-0.4, -0.2) is 44.5 Å². The second-order valence-electron chi connectivity index (χ2n) is 5.74. The van der Waals surface area contributed by atoms with Crippen molar-refractivity contribution in [1.82, 2.24) is 5.32 Å². The number of nitriles is 1. The molecule has 2 aromatic rings. The summed E-state index contributed by atoms with van der Waals surface area (Å²) in [5.41, 5.74) is 3.22. The van der Waals surface area contributed by atoms with Crippen LogP contribution in [0.25, 0.3) is 0 Å². The third-order valence-electron chi connectivity index (χ3n) is 3.89. The van der Waals surface area contributed by atoms with Crippen molar-refractivity contribution in [3.8, 4) is 11.8 Å². The summed E-state index contributed by atoms with van der Waals surface area (Å²) in [6, 6.07) is 17.3. The van der Waals surface area contributed by atoms with E-state index in [1.807, 2.05) is 36.4 Å². The van der Waals surface area contributed by atoms with E-state index in [0.717, 1.165) is 31.9 Å². The van der Waals surface area contributed by atoms with E-state index >= 15 is 0 Å². The Labute approximate surface area is 149 Å². The minimum absolute atomic E-state index is 0.0542. The lowest BCUT2D eigenvalue weighted by Crippen LogP contribution is -2.43.